The standard InChI is InChI=1S/C14H16O2/c1-9(2)11-8-12(10(3)7-13(11)15)14-5-4-6-16-14/h4-9,15H,1-3H3. The maximum atomic E-state index is 9.85. The van der Waals surface area contributed by atoms with Gasteiger partial charge in [-0.25, -0.2) is 0 Å². The molecule has 1 heterocycles. The zero-order valence-electron chi connectivity index (χ0n) is 9.82. The summed E-state index contributed by atoms with van der Waals surface area (Å²) in [5.41, 5.74) is 3.03. The Labute approximate surface area is 95.5 Å². The van der Waals surface area contributed by atoms with Crippen molar-refractivity contribution in [2.45, 2.75) is 26.7 Å². The van der Waals surface area contributed by atoms with E-state index in [0.717, 1.165) is 22.5 Å². The van der Waals surface area contributed by atoms with Crippen molar-refractivity contribution in [1.82, 2.24) is 0 Å². The summed E-state index contributed by atoms with van der Waals surface area (Å²) in [6, 6.07) is 7.61. The number of hydrogen-bond donors (Lipinski definition) is 1. The van der Waals surface area contributed by atoms with E-state index in [1.807, 2.05) is 25.1 Å². The lowest BCUT2D eigenvalue weighted by Crippen LogP contribution is -1.91. The molecular formula is C14H16O2. The predicted octanol–water partition coefficient (Wildman–Crippen LogP) is 4.08. The fraction of sp³-hybridized carbons (Fsp3) is 0.286. The van der Waals surface area contributed by atoms with Crippen LogP contribution in [0.15, 0.2) is 34.9 Å². The third-order valence-corrected chi connectivity index (χ3v) is 2.78. The summed E-state index contributed by atoms with van der Waals surface area (Å²) in [6.07, 6.45) is 1.66. The molecule has 0 bridgehead atoms. The lowest BCUT2D eigenvalue weighted by molar-refractivity contribution is 0.464. The van der Waals surface area contributed by atoms with E-state index in [4.69, 9.17) is 4.42 Å². The average molecular weight is 216 g/mol. The quantitative estimate of drug-likeness (QED) is 0.820. The van der Waals surface area contributed by atoms with E-state index in [1.165, 1.54) is 0 Å². The molecule has 2 nitrogen and oxygen atoms in total. The van der Waals surface area contributed by atoms with E-state index in [1.54, 1.807) is 12.3 Å². The Morgan fingerprint density at radius 3 is 2.56 bits per heavy atom. The van der Waals surface area contributed by atoms with E-state index in [-0.39, 0.29) is 0 Å². The fourth-order valence-electron chi connectivity index (χ4n) is 1.87. The Balaban J connectivity index is 2.58. The summed E-state index contributed by atoms with van der Waals surface area (Å²) in [7, 11) is 0. The van der Waals surface area contributed by atoms with Crippen molar-refractivity contribution in [3.63, 3.8) is 0 Å². The first-order valence-corrected chi connectivity index (χ1v) is 5.47. The highest BCUT2D eigenvalue weighted by atomic mass is 16.3. The molecule has 0 radical (unpaired) electrons. The zero-order chi connectivity index (χ0) is 11.7. The monoisotopic (exact) mass is 216 g/mol. The molecule has 0 aliphatic rings. The van der Waals surface area contributed by atoms with E-state index >= 15 is 0 Å². The van der Waals surface area contributed by atoms with Crippen LogP contribution < -0.4 is 0 Å². The molecule has 1 N–H and O–H groups in total. The zero-order valence-corrected chi connectivity index (χ0v) is 9.82. The summed E-state index contributed by atoms with van der Waals surface area (Å²) in [6.45, 7) is 6.11. The molecule has 1 aromatic heterocycles. The minimum atomic E-state index is 0.300. The first-order valence-electron chi connectivity index (χ1n) is 5.47. The molecule has 0 amide bonds. The molecule has 0 saturated carbocycles. The summed E-state index contributed by atoms with van der Waals surface area (Å²) in [5.74, 6) is 1.51. The molecule has 0 atom stereocenters. The van der Waals surface area contributed by atoms with Crippen molar-refractivity contribution >= 4 is 0 Å². The van der Waals surface area contributed by atoms with Crippen LogP contribution >= 0.6 is 0 Å². The van der Waals surface area contributed by atoms with E-state index in [9.17, 15) is 5.11 Å². The van der Waals surface area contributed by atoms with Crippen LogP contribution in [0.5, 0.6) is 5.75 Å². The van der Waals surface area contributed by atoms with Crippen LogP contribution in [0.25, 0.3) is 11.3 Å². The highest BCUT2D eigenvalue weighted by Crippen LogP contribution is 2.33. The second-order valence-corrected chi connectivity index (χ2v) is 4.36. The minimum absolute atomic E-state index is 0.300. The van der Waals surface area contributed by atoms with Gasteiger partial charge in [0.1, 0.15) is 11.5 Å². The summed E-state index contributed by atoms with van der Waals surface area (Å²) >= 11 is 0. The maximum absolute atomic E-state index is 9.85. The highest BCUT2D eigenvalue weighted by Gasteiger charge is 2.12. The Morgan fingerprint density at radius 2 is 2.00 bits per heavy atom. The second-order valence-electron chi connectivity index (χ2n) is 4.36. The molecule has 0 spiro atoms. The molecule has 16 heavy (non-hydrogen) atoms. The first-order chi connectivity index (χ1) is 7.59. The predicted molar refractivity (Wildman–Crippen MR) is 64.6 cm³/mol. The topological polar surface area (TPSA) is 33.4 Å². The van der Waals surface area contributed by atoms with Crippen LogP contribution in [0.2, 0.25) is 0 Å². The average Bonchev–Trinajstić information content (AvgIpc) is 2.70. The van der Waals surface area contributed by atoms with E-state index in [0.29, 0.717) is 11.7 Å². The van der Waals surface area contributed by atoms with Crippen LogP contribution in [0.4, 0.5) is 0 Å². The van der Waals surface area contributed by atoms with Gasteiger partial charge in [0, 0.05) is 5.56 Å². The Morgan fingerprint density at radius 1 is 1.25 bits per heavy atom. The van der Waals surface area contributed by atoms with Crippen LogP contribution in [0.1, 0.15) is 30.9 Å². The number of hydrogen-bond acceptors (Lipinski definition) is 2. The van der Waals surface area contributed by atoms with Gasteiger partial charge >= 0.3 is 0 Å². The van der Waals surface area contributed by atoms with Gasteiger partial charge in [0.05, 0.1) is 6.26 Å². The van der Waals surface area contributed by atoms with Crippen molar-refractivity contribution < 1.29 is 9.52 Å². The van der Waals surface area contributed by atoms with Gasteiger partial charge in [0.15, 0.2) is 0 Å². The van der Waals surface area contributed by atoms with E-state index < -0.39 is 0 Å². The molecule has 0 fully saturated rings. The highest BCUT2D eigenvalue weighted by molar-refractivity contribution is 5.65. The van der Waals surface area contributed by atoms with Crippen molar-refractivity contribution in [3.05, 3.63) is 41.7 Å². The van der Waals surface area contributed by atoms with Crippen molar-refractivity contribution in [2.24, 2.45) is 0 Å². The molecule has 2 aromatic rings. The summed E-state index contributed by atoms with van der Waals surface area (Å²) < 4.78 is 5.39. The summed E-state index contributed by atoms with van der Waals surface area (Å²) in [4.78, 5) is 0. The van der Waals surface area contributed by atoms with Gasteiger partial charge in [-0.2, -0.15) is 0 Å². The Kier molecular flexibility index (Phi) is 2.73. The van der Waals surface area contributed by atoms with Crippen LogP contribution in [-0.4, -0.2) is 5.11 Å². The lowest BCUT2D eigenvalue weighted by atomic mass is 9.95. The molecule has 0 aliphatic carbocycles. The molecule has 2 rings (SSSR count). The maximum Gasteiger partial charge on any atom is 0.134 e. The SMILES string of the molecule is Cc1cc(O)c(C(C)C)cc1-c1ccco1. The lowest BCUT2D eigenvalue weighted by Gasteiger charge is -2.12. The normalized spacial score (nSPS) is 11.0. The van der Waals surface area contributed by atoms with Crippen LogP contribution in [0.3, 0.4) is 0 Å². The van der Waals surface area contributed by atoms with E-state index in [2.05, 4.69) is 13.8 Å². The first kappa shape index (κ1) is 10.8. The molecule has 2 heteroatoms. The number of rotatable bonds is 2. The number of aryl methyl sites for hydroxylation is 1. The number of furan rings is 1. The third-order valence-electron chi connectivity index (χ3n) is 2.78. The number of phenols is 1. The molecule has 1 aromatic carbocycles. The van der Waals surface area contributed by atoms with Crippen LogP contribution in [-0.2, 0) is 0 Å². The minimum Gasteiger partial charge on any atom is -0.508 e. The fourth-order valence-corrected chi connectivity index (χ4v) is 1.87. The Bertz CT molecular complexity index is 482. The van der Waals surface area contributed by atoms with Gasteiger partial charge in [0.2, 0.25) is 0 Å². The Hall–Kier alpha value is -1.70. The molecule has 84 valence electrons. The molecule has 0 aliphatic heterocycles. The van der Waals surface area contributed by atoms with Crippen LogP contribution in [0, 0.1) is 6.92 Å². The number of aromatic hydroxyl groups is 1. The number of benzene rings is 1. The molecular weight excluding hydrogens is 200 g/mol. The van der Waals surface area contributed by atoms with Gasteiger partial charge < -0.3 is 9.52 Å². The van der Waals surface area contributed by atoms with Gasteiger partial charge in [0.25, 0.3) is 0 Å². The second kappa shape index (κ2) is 4.05. The molecule has 0 unspecified atom stereocenters. The number of phenolic OH excluding ortho intramolecular Hbond substituents is 1. The van der Waals surface area contributed by atoms with Gasteiger partial charge in [-0.1, -0.05) is 13.8 Å². The van der Waals surface area contributed by atoms with Gasteiger partial charge in [-0.3, -0.25) is 0 Å². The van der Waals surface area contributed by atoms with Crippen molar-refractivity contribution in [1.29, 1.82) is 0 Å². The van der Waals surface area contributed by atoms with Crippen molar-refractivity contribution in [3.8, 4) is 17.1 Å². The van der Waals surface area contributed by atoms with Crippen molar-refractivity contribution in [2.75, 3.05) is 0 Å². The summed E-state index contributed by atoms with van der Waals surface area (Å²) in [5, 5.41) is 9.85. The van der Waals surface area contributed by atoms with Gasteiger partial charge in [-0.05, 0) is 48.2 Å². The third kappa shape index (κ3) is 1.83. The molecule has 0 saturated heterocycles. The van der Waals surface area contributed by atoms with Gasteiger partial charge in [-0.15, -0.1) is 0 Å². The largest absolute Gasteiger partial charge is 0.508 e. The smallest absolute Gasteiger partial charge is 0.134 e.